The van der Waals surface area contributed by atoms with E-state index in [1.165, 1.54) is 34.6 Å². The van der Waals surface area contributed by atoms with E-state index < -0.39 is 5.91 Å². The molecule has 3 rings (SSSR count). The fraction of sp³-hybridized carbons (Fsp3) is 0.286. The summed E-state index contributed by atoms with van der Waals surface area (Å²) in [7, 11) is 4.88. The third-order valence-electron chi connectivity index (χ3n) is 4.02. The first-order chi connectivity index (χ1) is 15.4. The summed E-state index contributed by atoms with van der Waals surface area (Å²) in [4.78, 5) is 38.7. The van der Waals surface area contributed by atoms with Gasteiger partial charge in [-0.15, -0.1) is 11.3 Å². The second kappa shape index (κ2) is 10.6. The third kappa shape index (κ3) is 6.22. The molecule has 10 nitrogen and oxygen atoms in total. The Labute approximate surface area is 189 Å². The molecule has 0 spiro atoms. The minimum atomic E-state index is -0.392. The van der Waals surface area contributed by atoms with Gasteiger partial charge in [0.25, 0.3) is 11.8 Å². The maximum atomic E-state index is 12.7. The average Bonchev–Trinajstić information content (AvgIpc) is 3.26. The van der Waals surface area contributed by atoms with E-state index in [0.29, 0.717) is 17.3 Å². The normalized spacial score (nSPS) is 11.5. The SMILES string of the molecule is COC[C@@H](C)Oc1cc(C(=O)Nc2nccs2)cc(Oc2ccc(C(=O)N(C)C)cn2)n1. The molecule has 0 unspecified atom stereocenters. The molecule has 0 aliphatic carbocycles. The molecule has 0 saturated carbocycles. The van der Waals surface area contributed by atoms with Crippen molar-refractivity contribution < 1.29 is 23.8 Å². The molecule has 11 heteroatoms. The monoisotopic (exact) mass is 457 g/mol. The van der Waals surface area contributed by atoms with Crippen LogP contribution < -0.4 is 14.8 Å². The Kier molecular flexibility index (Phi) is 7.68. The van der Waals surface area contributed by atoms with Crippen molar-refractivity contribution in [2.24, 2.45) is 0 Å². The lowest BCUT2D eigenvalue weighted by Crippen LogP contribution is -2.21. The zero-order chi connectivity index (χ0) is 23.1. The van der Waals surface area contributed by atoms with E-state index in [2.05, 4.69) is 20.3 Å². The minimum absolute atomic E-state index is 0.107. The van der Waals surface area contributed by atoms with Gasteiger partial charge < -0.3 is 19.1 Å². The van der Waals surface area contributed by atoms with Gasteiger partial charge in [-0.1, -0.05) is 0 Å². The van der Waals surface area contributed by atoms with Crippen molar-refractivity contribution in [3.8, 4) is 17.6 Å². The lowest BCUT2D eigenvalue weighted by atomic mass is 10.2. The number of carbonyl (C=O) groups is 2. The number of pyridine rings is 2. The highest BCUT2D eigenvalue weighted by atomic mass is 32.1. The number of anilines is 1. The Balaban J connectivity index is 1.84. The van der Waals surface area contributed by atoms with Crippen LogP contribution in [0, 0.1) is 0 Å². The summed E-state index contributed by atoms with van der Waals surface area (Å²) >= 11 is 1.30. The van der Waals surface area contributed by atoms with Crippen LogP contribution >= 0.6 is 11.3 Å². The number of aromatic nitrogens is 3. The Hall–Kier alpha value is -3.57. The molecule has 0 bridgehead atoms. The van der Waals surface area contributed by atoms with Crippen LogP contribution in [-0.4, -0.2) is 65.6 Å². The lowest BCUT2D eigenvalue weighted by Gasteiger charge is -2.15. The van der Waals surface area contributed by atoms with Gasteiger partial charge in [-0.25, -0.2) is 9.97 Å². The van der Waals surface area contributed by atoms with E-state index in [0.717, 1.165) is 0 Å². The molecule has 3 heterocycles. The highest BCUT2D eigenvalue weighted by Crippen LogP contribution is 2.24. The fourth-order valence-corrected chi connectivity index (χ4v) is 3.11. The first-order valence-electron chi connectivity index (χ1n) is 9.59. The number of nitrogens with one attached hydrogen (secondary N) is 1. The summed E-state index contributed by atoms with van der Waals surface area (Å²) < 4.78 is 16.6. The number of ether oxygens (including phenoxy) is 3. The fourth-order valence-electron chi connectivity index (χ4n) is 2.59. The molecule has 32 heavy (non-hydrogen) atoms. The van der Waals surface area contributed by atoms with E-state index >= 15 is 0 Å². The Morgan fingerprint density at radius 3 is 2.53 bits per heavy atom. The van der Waals surface area contributed by atoms with Crippen LogP contribution in [0.4, 0.5) is 5.13 Å². The van der Waals surface area contributed by atoms with Gasteiger partial charge in [0.1, 0.15) is 6.10 Å². The largest absolute Gasteiger partial charge is 0.472 e. The molecule has 0 saturated heterocycles. The van der Waals surface area contributed by atoms with Crippen molar-refractivity contribution in [2.75, 3.05) is 33.1 Å². The number of hydrogen-bond acceptors (Lipinski definition) is 9. The smallest absolute Gasteiger partial charge is 0.257 e. The molecular weight excluding hydrogens is 434 g/mol. The molecule has 0 aliphatic rings. The Bertz CT molecular complexity index is 1060. The van der Waals surface area contributed by atoms with Gasteiger partial charge in [-0.2, -0.15) is 4.98 Å². The molecule has 0 fully saturated rings. The molecule has 0 aromatic carbocycles. The molecule has 1 N–H and O–H groups in total. The van der Waals surface area contributed by atoms with Gasteiger partial charge in [0.15, 0.2) is 5.13 Å². The molecule has 3 aromatic heterocycles. The lowest BCUT2D eigenvalue weighted by molar-refractivity contribution is 0.0827. The average molecular weight is 458 g/mol. The van der Waals surface area contributed by atoms with Gasteiger partial charge in [-0.05, 0) is 13.0 Å². The van der Waals surface area contributed by atoms with Gasteiger partial charge in [0.05, 0.1) is 17.7 Å². The van der Waals surface area contributed by atoms with E-state index in [9.17, 15) is 9.59 Å². The van der Waals surface area contributed by atoms with E-state index in [-0.39, 0.29) is 35.2 Å². The second-order valence-electron chi connectivity index (χ2n) is 6.89. The highest BCUT2D eigenvalue weighted by Gasteiger charge is 2.16. The second-order valence-corrected chi connectivity index (χ2v) is 7.79. The van der Waals surface area contributed by atoms with Gasteiger partial charge in [0.2, 0.25) is 17.6 Å². The van der Waals surface area contributed by atoms with E-state index in [1.807, 2.05) is 6.92 Å². The predicted molar refractivity (Wildman–Crippen MR) is 119 cm³/mol. The van der Waals surface area contributed by atoms with Crippen molar-refractivity contribution >= 4 is 28.3 Å². The molecule has 2 amide bonds. The van der Waals surface area contributed by atoms with Crippen molar-refractivity contribution in [1.29, 1.82) is 0 Å². The summed E-state index contributed by atoms with van der Waals surface area (Å²) in [5, 5.41) is 4.94. The zero-order valence-corrected chi connectivity index (χ0v) is 18.9. The van der Waals surface area contributed by atoms with Crippen molar-refractivity contribution in [2.45, 2.75) is 13.0 Å². The predicted octanol–water partition coefficient (Wildman–Crippen LogP) is 3.09. The summed E-state index contributed by atoms with van der Waals surface area (Å²) in [5.74, 6) is -0.0605. The van der Waals surface area contributed by atoms with Gasteiger partial charge in [0, 0.05) is 57.2 Å². The highest BCUT2D eigenvalue weighted by molar-refractivity contribution is 7.13. The Morgan fingerprint density at radius 2 is 1.91 bits per heavy atom. The molecule has 168 valence electrons. The maximum Gasteiger partial charge on any atom is 0.257 e. The third-order valence-corrected chi connectivity index (χ3v) is 4.70. The van der Waals surface area contributed by atoms with Gasteiger partial charge in [-0.3, -0.25) is 14.9 Å². The van der Waals surface area contributed by atoms with Crippen LogP contribution in [0.2, 0.25) is 0 Å². The van der Waals surface area contributed by atoms with Crippen LogP contribution in [0.5, 0.6) is 17.6 Å². The quantitative estimate of drug-likeness (QED) is 0.521. The van der Waals surface area contributed by atoms with Crippen LogP contribution in [0.25, 0.3) is 0 Å². The first kappa shape index (κ1) is 23.1. The summed E-state index contributed by atoms with van der Waals surface area (Å²) in [5.41, 5.74) is 0.688. The van der Waals surface area contributed by atoms with Crippen molar-refractivity contribution in [3.63, 3.8) is 0 Å². The van der Waals surface area contributed by atoms with Crippen molar-refractivity contribution in [1.82, 2.24) is 19.9 Å². The molecule has 0 radical (unpaired) electrons. The maximum absolute atomic E-state index is 12.7. The Morgan fingerprint density at radius 1 is 1.12 bits per heavy atom. The van der Waals surface area contributed by atoms with E-state index in [4.69, 9.17) is 14.2 Å². The van der Waals surface area contributed by atoms with Gasteiger partial charge >= 0.3 is 0 Å². The molecule has 0 aliphatic heterocycles. The number of carbonyl (C=O) groups excluding carboxylic acids is 2. The minimum Gasteiger partial charge on any atom is -0.472 e. The van der Waals surface area contributed by atoms with Crippen LogP contribution in [0.1, 0.15) is 27.6 Å². The number of nitrogens with zero attached hydrogens (tertiary/aromatic N) is 4. The summed E-state index contributed by atoms with van der Waals surface area (Å²) in [6.07, 6.45) is 2.71. The number of thiazole rings is 1. The van der Waals surface area contributed by atoms with Crippen molar-refractivity contribution in [3.05, 3.63) is 53.2 Å². The topological polar surface area (TPSA) is 116 Å². The number of rotatable bonds is 9. The van der Waals surface area contributed by atoms with Crippen LogP contribution in [0.15, 0.2) is 42.0 Å². The molecule has 1 atom stereocenters. The first-order valence-corrected chi connectivity index (χ1v) is 10.5. The van der Waals surface area contributed by atoms with E-state index in [1.54, 1.807) is 44.9 Å². The standard InChI is InChI=1S/C21H23N5O5S/c1-13(12-29-4)30-17-9-15(19(27)25-21-22-7-8-32-21)10-18(24-17)31-16-6-5-14(11-23-16)20(28)26(2)3/h5-11,13H,12H2,1-4H3,(H,22,25,27)/t13-/m1/s1. The number of methoxy groups -OCH3 is 1. The number of hydrogen-bond donors (Lipinski definition) is 1. The molecular formula is C21H23N5O5S. The van der Waals surface area contributed by atoms with Crippen LogP contribution in [0.3, 0.4) is 0 Å². The summed E-state index contributed by atoms with van der Waals surface area (Å²) in [6, 6.07) is 6.13. The zero-order valence-electron chi connectivity index (χ0n) is 18.1. The number of amides is 2. The van der Waals surface area contributed by atoms with Crippen LogP contribution in [-0.2, 0) is 4.74 Å². The summed E-state index contributed by atoms with van der Waals surface area (Å²) in [6.45, 7) is 2.16. The molecule has 3 aromatic rings.